The molecule has 68 valence electrons. The van der Waals surface area contributed by atoms with Crippen molar-refractivity contribution in [2.24, 2.45) is 0 Å². The summed E-state index contributed by atoms with van der Waals surface area (Å²) < 4.78 is 0. The Kier molecular flexibility index (Phi) is 1.92. The molecular weight excluding hydrogens is 176 g/mol. The van der Waals surface area contributed by atoms with Crippen molar-refractivity contribution in [1.82, 2.24) is 9.97 Å². The molecule has 2 rings (SSSR count). The number of H-pyrrole nitrogens is 1. The highest BCUT2D eigenvalue weighted by atomic mass is 14.9. The lowest BCUT2D eigenvalue weighted by Gasteiger charge is -2.00. The van der Waals surface area contributed by atoms with Gasteiger partial charge in [-0.05, 0) is 18.2 Å². The fourth-order valence-electron chi connectivity index (χ4n) is 1.22. The summed E-state index contributed by atoms with van der Waals surface area (Å²) in [6, 6.07) is 7.28. The van der Waals surface area contributed by atoms with Crippen molar-refractivity contribution >= 4 is 5.69 Å². The van der Waals surface area contributed by atoms with E-state index in [9.17, 15) is 0 Å². The Labute approximate surface area is 81.0 Å². The number of nitrogens with zero attached hydrogens (tertiary/aromatic N) is 2. The lowest BCUT2D eigenvalue weighted by atomic mass is 10.1. The SMILES string of the molecule is N#Cc1cc(-c2ncc[nH]2)ccc1N. The third-order valence-corrected chi connectivity index (χ3v) is 1.95. The van der Waals surface area contributed by atoms with E-state index in [1.165, 1.54) is 0 Å². The molecule has 0 saturated heterocycles. The highest BCUT2D eigenvalue weighted by molar-refractivity contribution is 5.65. The number of hydrogen-bond acceptors (Lipinski definition) is 3. The van der Waals surface area contributed by atoms with Gasteiger partial charge in [0.05, 0.1) is 5.56 Å². The van der Waals surface area contributed by atoms with Gasteiger partial charge in [-0.3, -0.25) is 0 Å². The maximum absolute atomic E-state index is 8.78. The van der Waals surface area contributed by atoms with Crippen molar-refractivity contribution in [3.8, 4) is 17.5 Å². The quantitative estimate of drug-likeness (QED) is 0.659. The average Bonchev–Trinajstić information content (AvgIpc) is 2.71. The van der Waals surface area contributed by atoms with Crippen molar-refractivity contribution in [1.29, 1.82) is 5.26 Å². The second-order valence-electron chi connectivity index (χ2n) is 2.85. The van der Waals surface area contributed by atoms with Gasteiger partial charge in [-0.2, -0.15) is 5.26 Å². The minimum absolute atomic E-state index is 0.471. The van der Waals surface area contributed by atoms with E-state index in [0.29, 0.717) is 11.3 Å². The van der Waals surface area contributed by atoms with Gasteiger partial charge in [0, 0.05) is 23.6 Å². The van der Waals surface area contributed by atoms with Crippen LogP contribution in [-0.2, 0) is 0 Å². The van der Waals surface area contributed by atoms with Crippen molar-refractivity contribution in [3.05, 3.63) is 36.2 Å². The maximum atomic E-state index is 8.78. The van der Waals surface area contributed by atoms with Crippen LogP contribution in [-0.4, -0.2) is 9.97 Å². The number of nitrogen functional groups attached to an aromatic ring is 1. The van der Waals surface area contributed by atoms with E-state index >= 15 is 0 Å². The first-order valence-electron chi connectivity index (χ1n) is 4.10. The largest absolute Gasteiger partial charge is 0.398 e. The second-order valence-corrected chi connectivity index (χ2v) is 2.85. The van der Waals surface area contributed by atoms with Crippen LogP contribution >= 0.6 is 0 Å². The Hall–Kier alpha value is -2.28. The second kappa shape index (κ2) is 3.23. The van der Waals surface area contributed by atoms with Crippen LogP contribution in [0.4, 0.5) is 5.69 Å². The Balaban J connectivity index is 2.53. The summed E-state index contributed by atoms with van der Waals surface area (Å²) in [4.78, 5) is 7.05. The van der Waals surface area contributed by atoms with Gasteiger partial charge >= 0.3 is 0 Å². The van der Waals surface area contributed by atoms with E-state index in [1.807, 2.05) is 12.1 Å². The van der Waals surface area contributed by atoms with Gasteiger partial charge in [-0.25, -0.2) is 4.98 Å². The molecule has 0 aliphatic heterocycles. The Bertz CT molecular complexity index is 479. The van der Waals surface area contributed by atoms with Gasteiger partial charge in [-0.15, -0.1) is 0 Å². The van der Waals surface area contributed by atoms with Crippen LogP contribution in [0.2, 0.25) is 0 Å². The number of nitrogens with two attached hydrogens (primary N) is 1. The number of rotatable bonds is 1. The van der Waals surface area contributed by atoms with Gasteiger partial charge in [0.2, 0.25) is 0 Å². The summed E-state index contributed by atoms with van der Waals surface area (Å²) in [5, 5.41) is 8.78. The zero-order valence-electron chi connectivity index (χ0n) is 7.36. The number of aromatic nitrogens is 2. The van der Waals surface area contributed by atoms with Crippen molar-refractivity contribution < 1.29 is 0 Å². The van der Waals surface area contributed by atoms with Gasteiger partial charge < -0.3 is 10.7 Å². The van der Waals surface area contributed by atoms with Crippen LogP contribution in [0, 0.1) is 11.3 Å². The lowest BCUT2D eigenvalue weighted by Crippen LogP contribution is -1.91. The smallest absolute Gasteiger partial charge is 0.137 e. The third-order valence-electron chi connectivity index (χ3n) is 1.95. The third kappa shape index (κ3) is 1.31. The van der Waals surface area contributed by atoms with Crippen LogP contribution in [0.1, 0.15) is 5.56 Å². The first kappa shape index (κ1) is 8.32. The number of nitriles is 1. The molecule has 0 saturated carbocycles. The Morgan fingerprint density at radius 1 is 1.43 bits per heavy atom. The molecule has 1 heterocycles. The summed E-state index contributed by atoms with van der Waals surface area (Å²) in [6.45, 7) is 0. The first-order valence-corrected chi connectivity index (χ1v) is 4.10. The molecule has 1 aromatic carbocycles. The maximum Gasteiger partial charge on any atom is 0.137 e. The number of imidazole rings is 1. The molecule has 0 spiro atoms. The average molecular weight is 184 g/mol. The molecule has 0 bridgehead atoms. The number of anilines is 1. The van der Waals surface area contributed by atoms with E-state index in [4.69, 9.17) is 11.0 Å². The molecule has 0 atom stereocenters. The van der Waals surface area contributed by atoms with Gasteiger partial charge in [0.25, 0.3) is 0 Å². The molecule has 0 radical (unpaired) electrons. The monoisotopic (exact) mass is 184 g/mol. The van der Waals surface area contributed by atoms with E-state index < -0.39 is 0 Å². The number of nitrogens with one attached hydrogen (secondary N) is 1. The van der Waals surface area contributed by atoms with Crippen molar-refractivity contribution in [2.45, 2.75) is 0 Å². The van der Waals surface area contributed by atoms with E-state index in [-0.39, 0.29) is 0 Å². The standard InChI is InChI=1S/C10H8N4/c11-6-8-5-7(1-2-9(8)12)10-13-3-4-14-10/h1-5H,12H2,(H,13,14). The summed E-state index contributed by atoms with van der Waals surface area (Å²) in [5.74, 6) is 0.738. The highest BCUT2D eigenvalue weighted by Gasteiger charge is 2.03. The fourth-order valence-corrected chi connectivity index (χ4v) is 1.22. The molecule has 14 heavy (non-hydrogen) atoms. The number of aromatic amines is 1. The zero-order valence-corrected chi connectivity index (χ0v) is 7.36. The molecule has 3 N–H and O–H groups in total. The molecule has 0 unspecified atom stereocenters. The molecule has 4 nitrogen and oxygen atoms in total. The molecule has 1 aromatic heterocycles. The normalized spacial score (nSPS) is 9.64. The Morgan fingerprint density at radius 2 is 2.29 bits per heavy atom. The lowest BCUT2D eigenvalue weighted by molar-refractivity contribution is 1.31. The predicted octanol–water partition coefficient (Wildman–Crippen LogP) is 1.53. The Morgan fingerprint density at radius 3 is 2.93 bits per heavy atom. The zero-order chi connectivity index (χ0) is 9.97. The predicted molar refractivity (Wildman–Crippen MR) is 53.2 cm³/mol. The first-order chi connectivity index (χ1) is 6.81. The molecule has 0 aliphatic rings. The van der Waals surface area contributed by atoms with Crippen molar-refractivity contribution in [2.75, 3.05) is 5.73 Å². The number of benzene rings is 1. The fraction of sp³-hybridized carbons (Fsp3) is 0. The van der Waals surface area contributed by atoms with Crippen LogP contribution in [0.25, 0.3) is 11.4 Å². The molecular formula is C10H8N4. The highest BCUT2D eigenvalue weighted by Crippen LogP contribution is 2.19. The topological polar surface area (TPSA) is 78.5 Å². The van der Waals surface area contributed by atoms with Gasteiger partial charge in [0.1, 0.15) is 11.9 Å². The molecule has 0 fully saturated rings. The van der Waals surface area contributed by atoms with E-state index in [1.54, 1.807) is 24.5 Å². The minimum atomic E-state index is 0.471. The number of hydrogen-bond donors (Lipinski definition) is 2. The molecule has 2 aromatic rings. The molecule has 0 aliphatic carbocycles. The molecule has 4 heteroatoms. The van der Waals surface area contributed by atoms with Crippen LogP contribution in [0.5, 0.6) is 0 Å². The summed E-state index contributed by atoms with van der Waals surface area (Å²) in [7, 11) is 0. The summed E-state index contributed by atoms with van der Waals surface area (Å²) in [6.07, 6.45) is 3.40. The van der Waals surface area contributed by atoms with E-state index in [0.717, 1.165) is 11.4 Å². The van der Waals surface area contributed by atoms with Crippen LogP contribution in [0.15, 0.2) is 30.6 Å². The van der Waals surface area contributed by atoms with E-state index in [2.05, 4.69) is 9.97 Å². The molecule has 0 amide bonds. The summed E-state index contributed by atoms with van der Waals surface area (Å²) in [5.41, 5.74) is 7.42. The van der Waals surface area contributed by atoms with Crippen molar-refractivity contribution in [3.63, 3.8) is 0 Å². The van der Waals surface area contributed by atoms with Gasteiger partial charge in [-0.1, -0.05) is 0 Å². The van der Waals surface area contributed by atoms with Crippen LogP contribution in [0.3, 0.4) is 0 Å². The summed E-state index contributed by atoms with van der Waals surface area (Å²) >= 11 is 0. The minimum Gasteiger partial charge on any atom is -0.398 e. The van der Waals surface area contributed by atoms with Crippen LogP contribution < -0.4 is 5.73 Å². The van der Waals surface area contributed by atoms with Gasteiger partial charge in [0.15, 0.2) is 0 Å².